The first-order valence-corrected chi connectivity index (χ1v) is 7.73. The van der Waals surface area contributed by atoms with Crippen molar-refractivity contribution in [2.24, 2.45) is 16.3 Å². The van der Waals surface area contributed by atoms with Crippen molar-refractivity contribution in [2.45, 2.75) is 74.7 Å². The van der Waals surface area contributed by atoms with Gasteiger partial charge in [-0.05, 0) is 43.1 Å². The zero-order valence-electron chi connectivity index (χ0n) is 14.3. The molecule has 0 N–H and O–H groups in total. The molecule has 1 aliphatic carbocycles. The van der Waals surface area contributed by atoms with Crippen molar-refractivity contribution < 1.29 is 4.39 Å². The third kappa shape index (κ3) is 8.96. The van der Waals surface area contributed by atoms with Gasteiger partial charge in [-0.2, -0.15) is 0 Å². The Bertz CT molecular complexity index is 277. The van der Waals surface area contributed by atoms with E-state index in [0.29, 0.717) is 17.0 Å². The van der Waals surface area contributed by atoms with Crippen LogP contribution in [0.15, 0.2) is 16.8 Å². The lowest BCUT2D eigenvalue weighted by molar-refractivity contribution is 0.256. The van der Waals surface area contributed by atoms with Gasteiger partial charge in [0.05, 0.1) is 0 Å². The SMILES string of the molecule is CC.CC.CC(CF)=N/C=C1/CC(C)(C)CCC1C. The lowest BCUT2D eigenvalue weighted by Crippen LogP contribution is -2.22. The largest absolute Gasteiger partial charge is 0.263 e. The second-order valence-electron chi connectivity index (χ2n) is 5.48. The van der Waals surface area contributed by atoms with Crippen LogP contribution in [-0.2, 0) is 0 Å². The van der Waals surface area contributed by atoms with Crippen molar-refractivity contribution in [3.63, 3.8) is 0 Å². The highest BCUT2D eigenvalue weighted by Crippen LogP contribution is 2.41. The minimum absolute atomic E-state index is 0.386. The summed E-state index contributed by atoms with van der Waals surface area (Å²) in [5.74, 6) is 0.606. The molecule has 2 heteroatoms. The molecule has 1 rings (SSSR count). The molecule has 1 saturated carbocycles. The van der Waals surface area contributed by atoms with Gasteiger partial charge >= 0.3 is 0 Å². The number of hydrogen-bond acceptors (Lipinski definition) is 1. The summed E-state index contributed by atoms with van der Waals surface area (Å²) in [6.07, 6.45) is 5.48. The second kappa shape index (κ2) is 11.2. The molecule has 1 fully saturated rings. The third-order valence-corrected chi connectivity index (χ3v) is 3.21. The van der Waals surface area contributed by atoms with Gasteiger partial charge in [-0.1, -0.05) is 48.5 Å². The van der Waals surface area contributed by atoms with Gasteiger partial charge in [-0.15, -0.1) is 0 Å². The fourth-order valence-corrected chi connectivity index (χ4v) is 2.01. The van der Waals surface area contributed by atoms with Crippen molar-refractivity contribution in [1.82, 2.24) is 0 Å². The van der Waals surface area contributed by atoms with Crippen LogP contribution in [0.5, 0.6) is 0 Å². The Labute approximate surface area is 120 Å². The Morgan fingerprint density at radius 2 is 1.84 bits per heavy atom. The van der Waals surface area contributed by atoms with Gasteiger partial charge in [-0.25, -0.2) is 4.39 Å². The summed E-state index contributed by atoms with van der Waals surface area (Å²) >= 11 is 0. The van der Waals surface area contributed by atoms with Crippen LogP contribution in [-0.4, -0.2) is 12.4 Å². The Hall–Kier alpha value is -0.660. The van der Waals surface area contributed by atoms with Gasteiger partial charge in [0.25, 0.3) is 0 Å². The zero-order chi connectivity index (χ0) is 15.5. The van der Waals surface area contributed by atoms with E-state index in [4.69, 9.17) is 0 Å². The van der Waals surface area contributed by atoms with Crippen LogP contribution in [0.25, 0.3) is 0 Å². The first kappa shape index (κ1) is 20.7. The average Bonchev–Trinajstić information content (AvgIpc) is 2.44. The molecule has 0 aromatic rings. The van der Waals surface area contributed by atoms with Crippen LogP contribution in [0.1, 0.15) is 74.7 Å². The second-order valence-corrected chi connectivity index (χ2v) is 5.48. The fourth-order valence-electron chi connectivity index (χ4n) is 2.01. The smallest absolute Gasteiger partial charge is 0.127 e. The number of alkyl halides is 1. The Balaban J connectivity index is 0. The molecule has 0 heterocycles. The van der Waals surface area contributed by atoms with Crippen molar-refractivity contribution in [1.29, 1.82) is 0 Å². The van der Waals surface area contributed by atoms with E-state index in [9.17, 15) is 4.39 Å². The highest BCUT2D eigenvalue weighted by Gasteiger charge is 2.28. The van der Waals surface area contributed by atoms with Gasteiger partial charge < -0.3 is 0 Å². The number of allylic oxidation sites excluding steroid dienone is 1. The Morgan fingerprint density at radius 1 is 1.32 bits per heavy atom. The minimum atomic E-state index is -0.443. The van der Waals surface area contributed by atoms with E-state index >= 15 is 0 Å². The highest BCUT2D eigenvalue weighted by molar-refractivity contribution is 5.83. The number of aliphatic imine (C=N–C) groups is 1. The summed E-state index contributed by atoms with van der Waals surface area (Å²) in [5, 5.41) is 0. The summed E-state index contributed by atoms with van der Waals surface area (Å²) in [7, 11) is 0. The van der Waals surface area contributed by atoms with Crippen LogP contribution in [0.4, 0.5) is 4.39 Å². The molecule has 1 unspecified atom stereocenters. The van der Waals surface area contributed by atoms with Gasteiger partial charge in [-0.3, -0.25) is 4.99 Å². The molecular formula is C17H34FN. The highest BCUT2D eigenvalue weighted by atomic mass is 19.1. The van der Waals surface area contributed by atoms with E-state index in [1.165, 1.54) is 18.4 Å². The van der Waals surface area contributed by atoms with Gasteiger partial charge in [0.1, 0.15) is 6.67 Å². The standard InChI is InChI=1S/C13H22FN.2C2H6/c1-10-5-6-13(3,4)7-12(10)9-15-11(2)8-14;2*1-2/h9-10H,5-8H2,1-4H3;2*1-2H3/b12-9-,15-11?;;. The molecule has 0 aromatic heterocycles. The molecule has 19 heavy (non-hydrogen) atoms. The van der Waals surface area contributed by atoms with E-state index in [2.05, 4.69) is 25.8 Å². The summed E-state index contributed by atoms with van der Waals surface area (Å²) in [6, 6.07) is 0. The maximum atomic E-state index is 12.2. The molecule has 0 bridgehead atoms. The predicted molar refractivity (Wildman–Crippen MR) is 86.7 cm³/mol. The average molecular weight is 271 g/mol. The topological polar surface area (TPSA) is 12.4 Å². The Kier molecular flexibility index (Phi) is 12.2. The number of rotatable bonds is 2. The first-order chi connectivity index (χ1) is 8.94. The molecule has 0 aliphatic heterocycles. The van der Waals surface area contributed by atoms with E-state index in [1.54, 1.807) is 6.92 Å². The number of nitrogens with zero attached hydrogens (tertiary/aromatic N) is 1. The minimum Gasteiger partial charge on any atom is -0.263 e. The summed E-state index contributed by atoms with van der Waals surface area (Å²) < 4.78 is 12.2. The number of halogens is 1. The lowest BCUT2D eigenvalue weighted by atomic mass is 9.71. The molecule has 0 saturated heterocycles. The van der Waals surface area contributed by atoms with Gasteiger partial charge in [0.15, 0.2) is 0 Å². The molecule has 0 aromatic carbocycles. The van der Waals surface area contributed by atoms with E-state index in [1.807, 2.05) is 33.9 Å². The quantitative estimate of drug-likeness (QED) is 0.530. The molecule has 1 atom stereocenters. The molecule has 1 nitrogen and oxygen atoms in total. The van der Waals surface area contributed by atoms with E-state index in [0.717, 1.165) is 6.42 Å². The molecule has 0 spiro atoms. The van der Waals surface area contributed by atoms with Gasteiger partial charge in [0, 0.05) is 11.9 Å². The summed E-state index contributed by atoms with van der Waals surface area (Å²) in [4.78, 5) is 4.16. The molecule has 0 radical (unpaired) electrons. The molecule has 1 aliphatic rings. The third-order valence-electron chi connectivity index (χ3n) is 3.21. The van der Waals surface area contributed by atoms with E-state index < -0.39 is 6.67 Å². The van der Waals surface area contributed by atoms with Crippen molar-refractivity contribution in [2.75, 3.05) is 6.67 Å². The maximum Gasteiger partial charge on any atom is 0.127 e. The van der Waals surface area contributed by atoms with Crippen LogP contribution in [0.2, 0.25) is 0 Å². The van der Waals surface area contributed by atoms with Crippen molar-refractivity contribution in [3.8, 4) is 0 Å². The maximum absolute atomic E-state index is 12.2. The predicted octanol–water partition coefficient (Wildman–Crippen LogP) is 6.20. The van der Waals surface area contributed by atoms with Crippen LogP contribution < -0.4 is 0 Å². The lowest BCUT2D eigenvalue weighted by Gasteiger charge is -2.34. The summed E-state index contributed by atoms with van der Waals surface area (Å²) in [6.45, 7) is 16.1. The van der Waals surface area contributed by atoms with Crippen LogP contribution in [0, 0.1) is 11.3 Å². The zero-order valence-corrected chi connectivity index (χ0v) is 14.3. The molecule has 114 valence electrons. The van der Waals surface area contributed by atoms with Crippen molar-refractivity contribution >= 4 is 5.71 Å². The van der Waals surface area contributed by atoms with Crippen LogP contribution in [0.3, 0.4) is 0 Å². The number of hydrogen-bond donors (Lipinski definition) is 0. The monoisotopic (exact) mass is 271 g/mol. The fraction of sp³-hybridized carbons (Fsp3) is 0.824. The molecular weight excluding hydrogens is 237 g/mol. The van der Waals surface area contributed by atoms with E-state index in [-0.39, 0.29) is 0 Å². The Morgan fingerprint density at radius 3 is 2.32 bits per heavy atom. The normalized spacial score (nSPS) is 23.9. The van der Waals surface area contributed by atoms with Crippen LogP contribution >= 0.6 is 0 Å². The van der Waals surface area contributed by atoms with Gasteiger partial charge in [0.2, 0.25) is 0 Å². The summed E-state index contributed by atoms with van der Waals surface area (Å²) in [5.41, 5.74) is 2.33. The molecule has 0 amide bonds. The van der Waals surface area contributed by atoms with Crippen molar-refractivity contribution in [3.05, 3.63) is 11.8 Å². The first-order valence-electron chi connectivity index (χ1n) is 7.73.